The van der Waals surface area contributed by atoms with Crippen LogP contribution >= 0.6 is 39.1 Å². The Kier molecular flexibility index (Phi) is 4.91. The van der Waals surface area contributed by atoms with Crippen molar-refractivity contribution in [2.45, 2.75) is 0 Å². The first-order valence-electron chi connectivity index (χ1n) is 7.92. The quantitative estimate of drug-likeness (QED) is 0.364. The fourth-order valence-electron chi connectivity index (χ4n) is 2.56. The molecular weight excluding hydrogens is 451 g/mol. The number of hydrogen-bond donors (Lipinski definition) is 1. The van der Waals surface area contributed by atoms with Gasteiger partial charge in [-0.25, -0.2) is 4.98 Å². The molecule has 1 amide bonds. The van der Waals surface area contributed by atoms with E-state index < -0.39 is 0 Å². The second-order valence-electron chi connectivity index (χ2n) is 5.79. The number of halogens is 3. The molecule has 4 nitrogen and oxygen atoms in total. The van der Waals surface area contributed by atoms with Gasteiger partial charge >= 0.3 is 0 Å². The predicted molar refractivity (Wildman–Crippen MR) is 112 cm³/mol. The maximum Gasteiger partial charge on any atom is 0.255 e. The number of hydrogen-bond acceptors (Lipinski definition) is 3. The van der Waals surface area contributed by atoms with Crippen molar-refractivity contribution in [1.29, 1.82) is 0 Å². The molecule has 4 rings (SSSR count). The van der Waals surface area contributed by atoms with Gasteiger partial charge in [0.05, 0.1) is 5.02 Å². The Hall–Kier alpha value is -2.34. The van der Waals surface area contributed by atoms with E-state index >= 15 is 0 Å². The standard InChI is InChI=1S/C20H11BrCl2N2O2/c21-15-9-12(3-7-16(15)23)19(26)24-14-6-8-18-17(10-14)25-20(27-18)11-1-4-13(22)5-2-11/h1-10H,(H,24,26). The molecule has 7 heteroatoms. The third kappa shape index (κ3) is 3.86. The number of aromatic nitrogens is 1. The van der Waals surface area contributed by atoms with Crippen LogP contribution in [0.3, 0.4) is 0 Å². The number of anilines is 1. The Bertz CT molecular complexity index is 1160. The number of nitrogens with one attached hydrogen (secondary N) is 1. The van der Waals surface area contributed by atoms with Gasteiger partial charge in [-0.3, -0.25) is 4.79 Å². The van der Waals surface area contributed by atoms with Crippen LogP contribution in [0.25, 0.3) is 22.6 Å². The molecule has 1 N–H and O–H groups in total. The normalized spacial score (nSPS) is 10.9. The molecule has 0 unspecified atom stereocenters. The van der Waals surface area contributed by atoms with Crippen LogP contribution in [0.2, 0.25) is 10.0 Å². The van der Waals surface area contributed by atoms with Gasteiger partial charge in [-0.2, -0.15) is 0 Å². The van der Waals surface area contributed by atoms with Gasteiger partial charge in [0.2, 0.25) is 5.89 Å². The van der Waals surface area contributed by atoms with Crippen molar-refractivity contribution in [3.8, 4) is 11.5 Å². The molecule has 27 heavy (non-hydrogen) atoms. The maximum absolute atomic E-state index is 12.4. The molecule has 0 bridgehead atoms. The van der Waals surface area contributed by atoms with E-state index in [9.17, 15) is 4.79 Å². The summed E-state index contributed by atoms with van der Waals surface area (Å²) in [4.78, 5) is 16.9. The van der Waals surface area contributed by atoms with E-state index in [1.165, 1.54) is 0 Å². The highest BCUT2D eigenvalue weighted by Gasteiger charge is 2.12. The van der Waals surface area contributed by atoms with Crippen LogP contribution in [0.5, 0.6) is 0 Å². The van der Waals surface area contributed by atoms with E-state index in [-0.39, 0.29) is 5.91 Å². The van der Waals surface area contributed by atoms with Gasteiger partial charge in [-0.1, -0.05) is 23.2 Å². The molecule has 0 atom stereocenters. The fraction of sp³-hybridized carbons (Fsp3) is 0. The molecule has 134 valence electrons. The van der Waals surface area contributed by atoms with Crippen LogP contribution in [-0.4, -0.2) is 10.9 Å². The van der Waals surface area contributed by atoms with E-state index in [4.69, 9.17) is 27.6 Å². The van der Waals surface area contributed by atoms with Gasteiger partial charge in [-0.05, 0) is 76.6 Å². The van der Waals surface area contributed by atoms with Gasteiger partial charge in [-0.15, -0.1) is 0 Å². The first-order valence-corrected chi connectivity index (χ1v) is 9.47. The SMILES string of the molecule is O=C(Nc1ccc2oc(-c3ccc(Cl)cc3)nc2c1)c1ccc(Cl)c(Br)c1. The molecule has 0 aliphatic carbocycles. The summed E-state index contributed by atoms with van der Waals surface area (Å²) < 4.78 is 6.44. The van der Waals surface area contributed by atoms with Crippen LogP contribution in [0.4, 0.5) is 5.69 Å². The largest absolute Gasteiger partial charge is 0.436 e. The lowest BCUT2D eigenvalue weighted by atomic mass is 10.2. The van der Waals surface area contributed by atoms with Crippen molar-refractivity contribution in [2.24, 2.45) is 0 Å². The summed E-state index contributed by atoms with van der Waals surface area (Å²) in [5, 5.41) is 4.05. The molecule has 0 saturated carbocycles. The van der Waals surface area contributed by atoms with Crippen LogP contribution < -0.4 is 5.32 Å². The Morgan fingerprint density at radius 2 is 1.78 bits per heavy atom. The summed E-state index contributed by atoms with van der Waals surface area (Å²) in [6.07, 6.45) is 0. The fourth-order valence-corrected chi connectivity index (χ4v) is 3.18. The number of fused-ring (bicyclic) bond motifs is 1. The van der Waals surface area contributed by atoms with Crippen LogP contribution in [0, 0.1) is 0 Å². The summed E-state index contributed by atoms with van der Waals surface area (Å²) in [6, 6.07) is 17.5. The molecule has 0 aliphatic heterocycles. The van der Waals surface area contributed by atoms with Crippen LogP contribution in [0.1, 0.15) is 10.4 Å². The van der Waals surface area contributed by atoms with E-state index in [0.717, 1.165) is 5.56 Å². The Morgan fingerprint density at radius 3 is 2.52 bits per heavy atom. The highest BCUT2D eigenvalue weighted by atomic mass is 79.9. The van der Waals surface area contributed by atoms with Crippen molar-refractivity contribution >= 4 is 61.8 Å². The van der Waals surface area contributed by atoms with Gasteiger partial charge < -0.3 is 9.73 Å². The number of amides is 1. The lowest BCUT2D eigenvalue weighted by Gasteiger charge is -2.06. The number of nitrogens with zero attached hydrogens (tertiary/aromatic N) is 1. The lowest BCUT2D eigenvalue weighted by Crippen LogP contribution is -2.11. The lowest BCUT2D eigenvalue weighted by molar-refractivity contribution is 0.102. The zero-order valence-corrected chi connectivity index (χ0v) is 16.8. The Labute approximate surface area is 173 Å². The van der Waals surface area contributed by atoms with Crippen molar-refractivity contribution in [2.75, 3.05) is 5.32 Å². The summed E-state index contributed by atoms with van der Waals surface area (Å²) in [6.45, 7) is 0. The molecule has 0 radical (unpaired) electrons. The average molecular weight is 462 g/mol. The van der Waals surface area contributed by atoms with Gasteiger partial charge in [0.15, 0.2) is 5.58 Å². The van der Waals surface area contributed by atoms with Crippen molar-refractivity contribution < 1.29 is 9.21 Å². The van der Waals surface area contributed by atoms with Crippen LogP contribution in [-0.2, 0) is 0 Å². The topological polar surface area (TPSA) is 55.1 Å². The van der Waals surface area contributed by atoms with E-state index in [2.05, 4.69) is 26.2 Å². The zero-order chi connectivity index (χ0) is 19.0. The number of benzene rings is 3. The smallest absolute Gasteiger partial charge is 0.255 e. The van der Waals surface area contributed by atoms with Gasteiger partial charge in [0.1, 0.15) is 5.52 Å². The highest BCUT2D eigenvalue weighted by Crippen LogP contribution is 2.28. The summed E-state index contributed by atoms with van der Waals surface area (Å²) in [7, 11) is 0. The average Bonchev–Trinajstić information content (AvgIpc) is 3.07. The minimum absolute atomic E-state index is 0.242. The van der Waals surface area contributed by atoms with Crippen molar-refractivity contribution in [3.05, 3.63) is 80.7 Å². The molecule has 1 heterocycles. The minimum Gasteiger partial charge on any atom is -0.436 e. The third-order valence-corrected chi connectivity index (χ3v) is 5.38. The first-order chi connectivity index (χ1) is 13.0. The summed E-state index contributed by atoms with van der Waals surface area (Å²) in [5.41, 5.74) is 3.22. The van der Waals surface area contributed by atoms with E-state index in [1.807, 2.05) is 12.1 Å². The summed E-state index contributed by atoms with van der Waals surface area (Å²) in [5.74, 6) is 0.250. The molecule has 0 fully saturated rings. The second-order valence-corrected chi connectivity index (χ2v) is 7.49. The minimum atomic E-state index is -0.242. The molecule has 0 spiro atoms. The number of oxazole rings is 1. The molecule has 0 aliphatic rings. The Balaban J connectivity index is 1.60. The number of carbonyl (C=O) groups excluding carboxylic acids is 1. The van der Waals surface area contributed by atoms with Crippen molar-refractivity contribution in [3.63, 3.8) is 0 Å². The third-order valence-electron chi connectivity index (χ3n) is 3.92. The monoisotopic (exact) mass is 460 g/mol. The first kappa shape index (κ1) is 18.0. The molecule has 0 saturated heterocycles. The van der Waals surface area contributed by atoms with E-state index in [1.54, 1.807) is 48.5 Å². The summed E-state index contributed by atoms with van der Waals surface area (Å²) >= 11 is 15.2. The van der Waals surface area contributed by atoms with Crippen molar-refractivity contribution in [1.82, 2.24) is 4.98 Å². The molecule has 3 aromatic carbocycles. The number of rotatable bonds is 3. The maximum atomic E-state index is 12.4. The zero-order valence-electron chi connectivity index (χ0n) is 13.7. The number of carbonyl (C=O) groups is 1. The molecule has 1 aromatic heterocycles. The molecule has 4 aromatic rings. The highest BCUT2D eigenvalue weighted by molar-refractivity contribution is 9.10. The van der Waals surface area contributed by atoms with Gasteiger partial charge in [0.25, 0.3) is 5.91 Å². The Morgan fingerprint density at radius 1 is 1.00 bits per heavy atom. The second kappa shape index (κ2) is 7.35. The molecular formula is C20H11BrCl2N2O2. The van der Waals surface area contributed by atoms with Gasteiger partial charge in [0, 0.05) is 26.3 Å². The van der Waals surface area contributed by atoms with Crippen LogP contribution in [0.15, 0.2) is 69.6 Å². The van der Waals surface area contributed by atoms with E-state index in [0.29, 0.717) is 42.8 Å². The predicted octanol–water partition coefficient (Wildman–Crippen LogP) is 6.82.